The molecule has 1 aromatic carbocycles. The van der Waals surface area contributed by atoms with E-state index in [0.29, 0.717) is 5.92 Å². The first-order valence-electron chi connectivity index (χ1n) is 8.14. The maximum absolute atomic E-state index is 4.53. The molecule has 122 valence electrons. The van der Waals surface area contributed by atoms with E-state index < -0.39 is 0 Å². The van der Waals surface area contributed by atoms with Gasteiger partial charge in [0.25, 0.3) is 0 Å². The first kappa shape index (κ1) is 15.6. The Morgan fingerprint density at radius 1 is 1.04 bits per heavy atom. The third kappa shape index (κ3) is 3.55. The molecule has 1 fully saturated rings. The van der Waals surface area contributed by atoms with Crippen LogP contribution in [0.3, 0.4) is 0 Å². The Bertz CT molecular complexity index is 628. The number of nitrogens with zero attached hydrogens (tertiary/aromatic N) is 5. The number of rotatable bonds is 5. The summed E-state index contributed by atoms with van der Waals surface area (Å²) in [6.45, 7) is 3.23. The molecule has 2 aromatic rings. The van der Waals surface area contributed by atoms with Crippen molar-refractivity contribution in [3.8, 4) is 0 Å². The van der Waals surface area contributed by atoms with Crippen LogP contribution in [0.1, 0.15) is 6.42 Å². The van der Waals surface area contributed by atoms with Crippen LogP contribution >= 0.6 is 0 Å². The van der Waals surface area contributed by atoms with E-state index in [1.165, 1.54) is 12.1 Å². The molecule has 0 saturated carbocycles. The molecule has 1 saturated heterocycles. The molecule has 1 atom stereocenters. The molecule has 0 amide bonds. The predicted octanol–water partition coefficient (Wildman–Crippen LogP) is 2.51. The number of hydrogen-bond acceptors (Lipinski definition) is 5. The minimum Gasteiger partial charge on any atom is -0.371 e. The monoisotopic (exact) mass is 311 g/mol. The van der Waals surface area contributed by atoms with E-state index in [0.717, 1.165) is 31.3 Å². The van der Waals surface area contributed by atoms with Gasteiger partial charge in [-0.2, -0.15) is 0 Å². The Balaban J connectivity index is 1.64. The van der Waals surface area contributed by atoms with Gasteiger partial charge in [-0.25, -0.2) is 9.97 Å². The second-order valence-electron chi connectivity index (χ2n) is 6.41. The van der Waals surface area contributed by atoms with Crippen molar-refractivity contribution >= 4 is 17.3 Å². The van der Waals surface area contributed by atoms with Crippen LogP contribution < -0.4 is 14.7 Å². The van der Waals surface area contributed by atoms with Gasteiger partial charge in [0.2, 0.25) is 0 Å². The summed E-state index contributed by atoms with van der Waals surface area (Å²) in [4.78, 5) is 15.7. The van der Waals surface area contributed by atoms with Crippen molar-refractivity contribution < 1.29 is 0 Å². The molecule has 2 heterocycles. The summed E-state index contributed by atoms with van der Waals surface area (Å²) in [7, 11) is 6.13. The van der Waals surface area contributed by atoms with Crippen LogP contribution in [-0.4, -0.2) is 50.7 Å². The van der Waals surface area contributed by atoms with Gasteiger partial charge in [0, 0.05) is 58.9 Å². The standard InChI is InChI=1S/C18H25N5/c1-21(2)17-18(20-11-10-19-17)22(3)13-15-9-12-23(14-15)16-7-5-4-6-8-16/h4-8,10-11,15H,9,12-14H2,1-3H3. The number of hydrogen-bond donors (Lipinski definition) is 0. The fourth-order valence-corrected chi connectivity index (χ4v) is 3.24. The smallest absolute Gasteiger partial charge is 0.171 e. The summed E-state index contributed by atoms with van der Waals surface area (Å²) < 4.78 is 0. The number of aromatic nitrogens is 2. The Labute approximate surface area is 138 Å². The van der Waals surface area contributed by atoms with Crippen molar-refractivity contribution in [2.24, 2.45) is 5.92 Å². The van der Waals surface area contributed by atoms with E-state index in [2.05, 4.69) is 57.1 Å². The molecule has 1 aromatic heterocycles. The molecule has 5 heteroatoms. The molecule has 5 nitrogen and oxygen atoms in total. The summed E-state index contributed by atoms with van der Waals surface area (Å²) in [6, 6.07) is 10.7. The van der Waals surface area contributed by atoms with Crippen LogP contribution in [0.5, 0.6) is 0 Å². The van der Waals surface area contributed by atoms with Crippen molar-refractivity contribution in [2.45, 2.75) is 6.42 Å². The summed E-state index contributed by atoms with van der Waals surface area (Å²) >= 11 is 0. The highest BCUT2D eigenvalue weighted by atomic mass is 15.3. The third-order valence-corrected chi connectivity index (χ3v) is 4.38. The highest BCUT2D eigenvalue weighted by Gasteiger charge is 2.25. The molecule has 23 heavy (non-hydrogen) atoms. The highest BCUT2D eigenvalue weighted by Crippen LogP contribution is 2.27. The quantitative estimate of drug-likeness (QED) is 0.848. The Morgan fingerprint density at radius 3 is 2.43 bits per heavy atom. The van der Waals surface area contributed by atoms with Gasteiger partial charge in [0.05, 0.1) is 0 Å². The molecular formula is C18H25N5. The fourth-order valence-electron chi connectivity index (χ4n) is 3.24. The van der Waals surface area contributed by atoms with Crippen LogP contribution in [-0.2, 0) is 0 Å². The fraction of sp³-hybridized carbons (Fsp3) is 0.444. The maximum atomic E-state index is 4.53. The van der Waals surface area contributed by atoms with Crippen LogP contribution in [0.25, 0.3) is 0 Å². The van der Waals surface area contributed by atoms with E-state index >= 15 is 0 Å². The zero-order valence-corrected chi connectivity index (χ0v) is 14.2. The molecule has 0 N–H and O–H groups in total. The van der Waals surface area contributed by atoms with Crippen LogP contribution in [0, 0.1) is 5.92 Å². The lowest BCUT2D eigenvalue weighted by molar-refractivity contribution is 0.581. The van der Waals surface area contributed by atoms with E-state index in [1.807, 2.05) is 19.0 Å². The predicted molar refractivity (Wildman–Crippen MR) is 96.4 cm³/mol. The van der Waals surface area contributed by atoms with Gasteiger partial charge in [-0.15, -0.1) is 0 Å². The van der Waals surface area contributed by atoms with Gasteiger partial charge in [0.1, 0.15) is 0 Å². The zero-order valence-electron chi connectivity index (χ0n) is 14.2. The second kappa shape index (κ2) is 6.86. The normalized spacial score (nSPS) is 17.3. The summed E-state index contributed by atoms with van der Waals surface area (Å²) in [5.74, 6) is 2.53. The second-order valence-corrected chi connectivity index (χ2v) is 6.41. The molecule has 1 unspecified atom stereocenters. The van der Waals surface area contributed by atoms with Crippen molar-refractivity contribution in [1.82, 2.24) is 9.97 Å². The third-order valence-electron chi connectivity index (χ3n) is 4.38. The Morgan fingerprint density at radius 2 is 1.74 bits per heavy atom. The number of para-hydroxylation sites is 1. The van der Waals surface area contributed by atoms with Gasteiger partial charge in [-0.05, 0) is 24.5 Å². The van der Waals surface area contributed by atoms with E-state index in [9.17, 15) is 0 Å². The first-order valence-corrected chi connectivity index (χ1v) is 8.14. The largest absolute Gasteiger partial charge is 0.371 e. The van der Waals surface area contributed by atoms with Crippen LogP contribution in [0.4, 0.5) is 17.3 Å². The SMILES string of the molecule is CN(C)c1nccnc1N(C)CC1CCN(c2ccccc2)C1. The first-order chi connectivity index (χ1) is 11.1. The molecule has 1 aliphatic rings. The highest BCUT2D eigenvalue weighted by molar-refractivity contribution is 5.61. The Kier molecular flexibility index (Phi) is 4.65. The topological polar surface area (TPSA) is 35.5 Å². The van der Waals surface area contributed by atoms with E-state index in [-0.39, 0.29) is 0 Å². The summed E-state index contributed by atoms with van der Waals surface area (Å²) in [5.41, 5.74) is 1.33. The minimum absolute atomic E-state index is 0.650. The van der Waals surface area contributed by atoms with Gasteiger partial charge in [-0.1, -0.05) is 18.2 Å². The summed E-state index contributed by atoms with van der Waals surface area (Å²) in [5, 5.41) is 0. The van der Waals surface area contributed by atoms with Crippen LogP contribution in [0.15, 0.2) is 42.7 Å². The number of benzene rings is 1. The molecule has 0 spiro atoms. The Hall–Kier alpha value is -2.30. The molecule has 1 aliphatic heterocycles. The molecule has 0 bridgehead atoms. The zero-order chi connectivity index (χ0) is 16.2. The lowest BCUT2D eigenvalue weighted by atomic mass is 10.1. The van der Waals surface area contributed by atoms with E-state index in [1.54, 1.807) is 12.4 Å². The molecule has 3 rings (SSSR count). The molecule has 0 aliphatic carbocycles. The minimum atomic E-state index is 0.650. The van der Waals surface area contributed by atoms with Gasteiger partial charge in [0.15, 0.2) is 11.6 Å². The van der Waals surface area contributed by atoms with Crippen LogP contribution in [0.2, 0.25) is 0 Å². The van der Waals surface area contributed by atoms with Crippen molar-refractivity contribution in [3.05, 3.63) is 42.7 Å². The lowest BCUT2D eigenvalue weighted by Crippen LogP contribution is -2.30. The van der Waals surface area contributed by atoms with Gasteiger partial charge in [-0.3, -0.25) is 0 Å². The average molecular weight is 311 g/mol. The van der Waals surface area contributed by atoms with Crippen molar-refractivity contribution in [1.29, 1.82) is 0 Å². The maximum Gasteiger partial charge on any atom is 0.171 e. The van der Waals surface area contributed by atoms with Gasteiger partial charge < -0.3 is 14.7 Å². The van der Waals surface area contributed by atoms with Gasteiger partial charge >= 0.3 is 0 Å². The molecular weight excluding hydrogens is 286 g/mol. The molecule has 0 radical (unpaired) electrons. The number of anilines is 3. The van der Waals surface area contributed by atoms with E-state index in [4.69, 9.17) is 0 Å². The van der Waals surface area contributed by atoms with Crippen molar-refractivity contribution in [2.75, 3.05) is 55.5 Å². The average Bonchev–Trinajstić information content (AvgIpc) is 3.04. The lowest BCUT2D eigenvalue weighted by Gasteiger charge is -2.26. The summed E-state index contributed by atoms with van der Waals surface area (Å²) in [6.07, 6.45) is 4.74. The van der Waals surface area contributed by atoms with Crippen molar-refractivity contribution in [3.63, 3.8) is 0 Å².